The smallest absolute Gasteiger partial charge is 0.261 e. The van der Waals surface area contributed by atoms with E-state index < -0.39 is 0 Å². The second kappa shape index (κ2) is 8.98. The highest BCUT2D eigenvalue weighted by atomic mass is 16.5. The molecule has 0 atom stereocenters. The molecule has 3 amide bonds. The lowest BCUT2D eigenvalue weighted by molar-refractivity contribution is -0.121. The van der Waals surface area contributed by atoms with Gasteiger partial charge in [-0.15, -0.1) is 0 Å². The molecular formula is C21H22N2O4. The first-order valence-corrected chi connectivity index (χ1v) is 9.06. The summed E-state index contributed by atoms with van der Waals surface area (Å²) in [6, 6.07) is 16.3. The molecule has 0 bridgehead atoms. The van der Waals surface area contributed by atoms with Gasteiger partial charge in [-0.05, 0) is 37.1 Å². The molecule has 1 aliphatic rings. The van der Waals surface area contributed by atoms with E-state index in [0.717, 1.165) is 23.5 Å². The summed E-state index contributed by atoms with van der Waals surface area (Å²) in [5, 5.41) is 2.81. The molecular weight excluding hydrogens is 344 g/mol. The van der Waals surface area contributed by atoms with Crippen molar-refractivity contribution in [3.8, 4) is 5.75 Å². The highest BCUT2D eigenvalue weighted by molar-refractivity contribution is 6.21. The molecule has 6 nitrogen and oxygen atoms in total. The number of nitrogens with one attached hydrogen (secondary N) is 1. The maximum absolute atomic E-state index is 12.2. The largest absolute Gasteiger partial charge is 0.494 e. The number of ether oxygens (including phenoxy) is 1. The third-order valence-electron chi connectivity index (χ3n) is 4.35. The van der Waals surface area contributed by atoms with E-state index in [9.17, 15) is 14.4 Å². The van der Waals surface area contributed by atoms with Crippen molar-refractivity contribution in [2.75, 3.05) is 19.7 Å². The number of fused-ring (bicyclic) bond motifs is 1. The Morgan fingerprint density at radius 2 is 1.52 bits per heavy atom. The minimum absolute atomic E-state index is 0.0926. The average molecular weight is 366 g/mol. The summed E-state index contributed by atoms with van der Waals surface area (Å²) < 4.78 is 5.59. The summed E-state index contributed by atoms with van der Waals surface area (Å²) in [5.74, 6) is 0.000865. The fraction of sp³-hybridized carbons (Fsp3) is 0.286. The molecule has 0 spiro atoms. The average Bonchev–Trinajstić information content (AvgIpc) is 2.94. The van der Waals surface area contributed by atoms with E-state index in [1.54, 1.807) is 24.3 Å². The molecule has 1 heterocycles. The zero-order valence-corrected chi connectivity index (χ0v) is 15.0. The Kier molecular flexibility index (Phi) is 6.20. The van der Waals surface area contributed by atoms with Crippen molar-refractivity contribution in [3.63, 3.8) is 0 Å². The third kappa shape index (κ3) is 4.73. The number of amides is 3. The molecule has 1 aliphatic heterocycles. The lowest BCUT2D eigenvalue weighted by atomic mass is 10.1. The molecule has 0 unspecified atom stereocenters. The number of nitrogens with zero attached hydrogens (tertiary/aromatic N) is 1. The van der Waals surface area contributed by atoms with Gasteiger partial charge in [0.05, 0.1) is 17.7 Å². The standard InChI is InChI=1S/C21H22N2O4/c24-19(22-13-6-7-15-27-16-8-2-1-3-9-16)12-14-23-20(25)17-10-4-5-11-18(17)21(23)26/h1-5,8-11H,6-7,12-15H2,(H,22,24). The van der Waals surface area contributed by atoms with Gasteiger partial charge in [0.2, 0.25) is 5.91 Å². The molecule has 2 aromatic carbocycles. The van der Waals surface area contributed by atoms with Gasteiger partial charge in [0.25, 0.3) is 11.8 Å². The number of hydrogen-bond acceptors (Lipinski definition) is 4. The zero-order chi connectivity index (χ0) is 19.1. The number of hydrogen-bond donors (Lipinski definition) is 1. The van der Waals surface area contributed by atoms with E-state index in [4.69, 9.17) is 4.74 Å². The summed E-state index contributed by atoms with van der Waals surface area (Å²) in [6.45, 7) is 1.23. The van der Waals surface area contributed by atoms with Gasteiger partial charge in [0, 0.05) is 19.5 Å². The molecule has 3 rings (SSSR count). The maximum Gasteiger partial charge on any atom is 0.261 e. The Balaban J connectivity index is 1.31. The van der Waals surface area contributed by atoms with Crippen LogP contribution in [-0.2, 0) is 4.79 Å². The van der Waals surface area contributed by atoms with Crippen molar-refractivity contribution in [1.82, 2.24) is 10.2 Å². The van der Waals surface area contributed by atoms with E-state index in [0.29, 0.717) is 24.3 Å². The Morgan fingerprint density at radius 1 is 0.889 bits per heavy atom. The van der Waals surface area contributed by atoms with Crippen LogP contribution in [0, 0.1) is 0 Å². The first-order chi connectivity index (χ1) is 13.2. The van der Waals surface area contributed by atoms with Gasteiger partial charge in [0.1, 0.15) is 5.75 Å². The molecule has 0 saturated carbocycles. The summed E-state index contributed by atoms with van der Waals surface area (Å²) in [4.78, 5) is 37.5. The summed E-state index contributed by atoms with van der Waals surface area (Å²) in [5.41, 5.74) is 0.808. The Labute approximate surface area is 158 Å². The van der Waals surface area contributed by atoms with Crippen LogP contribution in [0.4, 0.5) is 0 Å². The van der Waals surface area contributed by atoms with Crippen LogP contribution in [0.2, 0.25) is 0 Å². The second-order valence-electron chi connectivity index (χ2n) is 6.28. The van der Waals surface area contributed by atoms with Crippen molar-refractivity contribution in [2.45, 2.75) is 19.3 Å². The number of unbranched alkanes of at least 4 members (excludes halogenated alkanes) is 1. The van der Waals surface area contributed by atoms with Gasteiger partial charge in [-0.25, -0.2) is 0 Å². The number of benzene rings is 2. The predicted molar refractivity (Wildman–Crippen MR) is 101 cm³/mol. The first-order valence-electron chi connectivity index (χ1n) is 9.06. The fourth-order valence-electron chi connectivity index (χ4n) is 2.91. The fourth-order valence-corrected chi connectivity index (χ4v) is 2.91. The highest BCUT2D eigenvalue weighted by Gasteiger charge is 2.34. The van der Waals surface area contributed by atoms with Crippen molar-refractivity contribution >= 4 is 17.7 Å². The predicted octanol–water partition coefficient (Wildman–Crippen LogP) is 2.65. The SMILES string of the molecule is O=C(CCN1C(=O)c2ccccc2C1=O)NCCCCOc1ccccc1. The lowest BCUT2D eigenvalue weighted by Crippen LogP contribution is -2.34. The van der Waals surface area contributed by atoms with Crippen LogP contribution in [0.1, 0.15) is 40.0 Å². The van der Waals surface area contributed by atoms with E-state index in [1.807, 2.05) is 30.3 Å². The van der Waals surface area contributed by atoms with Crippen LogP contribution >= 0.6 is 0 Å². The van der Waals surface area contributed by atoms with Crippen molar-refractivity contribution < 1.29 is 19.1 Å². The molecule has 140 valence electrons. The number of imide groups is 1. The van der Waals surface area contributed by atoms with Gasteiger partial charge in [0.15, 0.2) is 0 Å². The van der Waals surface area contributed by atoms with E-state index >= 15 is 0 Å². The Bertz CT molecular complexity index is 785. The Hall–Kier alpha value is -3.15. The number of carbonyl (C=O) groups is 3. The second-order valence-corrected chi connectivity index (χ2v) is 6.28. The molecule has 1 N–H and O–H groups in total. The van der Waals surface area contributed by atoms with Crippen LogP contribution < -0.4 is 10.1 Å². The summed E-state index contributed by atoms with van der Waals surface area (Å²) in [7, 11) is 0. The topological polar surface area (TPSA) is 75.7 Å². The van der Waals surface area contributed by atoms with E-state index in [1.165, 1.54) is 0 Å². The van der Waals surface area contributed by atoms with E-state index in [-0.39, 0.29) is 30.7 Å². The van der Waals surface area contributed by atoms with Gasteiger partial charge < -0.3 is 10.1 Å². The first kappa shape index (κ1) is 18.6. The maximum atomic E-state index is 12.2. The normalized spacial score (nSPS) is 12.8. The van der Waals surface area contributed by atoms with Crippen LogP contribution in [0.3, 0.4) is 0 Å². The molecule has 0 radical (unpaired) electrons. The molecule has 0 saturated heterocycles. The van der Waals surface area contributed by atoms with Crippen LogP contribution in [0.25, 0.3) is 0 Å². The van der Waals surface area contributed by atoms with Crippen molar-refractivity contribution in [2.24, 2.45) is 0 Å². The highest BCUT2D eigenvalue weighted by Crippen LogP contribution is 2.22. The van der Waals surface area contributed by atoms with Gasteiger partial charge in [-0.2, -0.15) is 0 Å². The monoisotopic (exact) mass is 366 g/mol. The lowest BCUT2D eigenvalue weighted by Gasteiger charge is -2.13. The van der Waals surface area contributed by atoms with Crippen LogP contribution in [0.15, 0.2) is 54.6 Å². The minimum atomic E-state index is -0.332. The minimum Gasteiger partial charge on any atom is -0.494 e. The summed E-state index contributed by atoms with van der Waals surface area (Å²) in [6.07, 6.45) is 1.73. The van der Waals surface area contributed by atoms with Gasteiger partial charge >= 0.3 is 0 Å². The van der Waals surface area contributed by atoms with Gasteiger partial charge in [-0.1, -0.05) is 30.3 Å². The molecule has 2 aromatic rings. The van der Waals surface area contributed by atoms with Crippen LogP contribution in [0.5, 0.6) is 5.75 Å². The van der Waals surface area contributed by atoms with E-state index in [2.05, 4.69) is 5.32 Å². The quantitative estimate of drug-likeness (QED) is 0.547. The number of para-hydroxylation sites is 1. The number of carbonyl (C=O) groups excluding carboxylic acids is 3. The number of rotatable bonds is 9. The van der Waals surface area contributed by atoms with Crippen molar-refractivity contribution in [3.05, 3.63) is 65.7 Å². The molecule has 0 aromatic heterocycles. The van der Waals surface area contributed by atoms with Crippen LogP contribution in [-0.4, -0.2) is 42.3 Å². The molecule has 0 fully saturated rings. The third-order valence-corrected chi connectivity index (χ3v) is 4.35. The Morgan fingerprint density at radius 3 is 2.19 bits per heavy atom. The zero-order valence-electron chi connectivity index (χ0n) is 15.0. The molecule has 0 aliphatic carbocycles. The molecule has 27 heavy (non-hydrogen) atoms. The van der Waals surface area contributed by atoms with Gasteiger partial charge in [-0.3, -0.25) is 19.3 Å². The molecule has 6 heteroatoms. The van der Waals surface area contributed by atoms with Crippen molar-refractivity contribution in [1.29, 1.82) is 0 Å². The summed E-state index contributed by atoms with van der Waals surface area (Å²) >= 11 is 0.